The van der Waals surface area contributed by atoms with Crippen LogP contribution in [0.5, 0.6) is 0 Å². The number of rotatable bonds is 2. The van der Waals surface area contributed by atoms with Crippen molar-refractivity contribution in [1.29, 1.82) is 0 Å². The Bertz CT molecular complexity index is 601. The summed E-state index contributed by atoms with van der Waals surface area (Å²) in [4.78, 5) is 15.7. The van der Waals surface area contributed by atoms with Crippen molar-refractivity contribution in [3.05, 3.63) is 58.6 Å². The number of aryl methyl sites for hydroxylation is 1. The third-order valence-electron chi connectivity index (χ3n) is 2.43. The average molecular weight is 265 g/mol. The predicted octanol–water partition coefficient (Wildman–Crippen LogP) is 3.43. The number of pyridine rings is 1. The topological polar surface area (TPSA) is 42.0 Å². The van der Waals surface area contributed by atoms with Crippen molar-refractivity contribution >= 4 is 23.2 Å². The lowest BCUT2D eigenvalue weighted by atomic mass is 10.2. The second kappa shape index (κ2) is 5.14. The first-order valence-electron chi connectivity index (χ1n) is 5.26. The van der Waals surface area contributed by atoms with Gasteiger partial charge in [-0.05, 0) is 36.8 Å². The summed E-state index contributed by atoms with van der Waals surface area (Å²) in [6.07, 6.45) is 1.49. The molecule has 0 aliphatic rings. The van der Waals surface area contributed by atoms with Crippen LogP contribution in [0.25, 0.3) is 0 Å². The van der Waals surface area contributed by atoms with E-state index in [1.165, 1.54) is 12.3 Å². The maximum Gasteiger partial charge on any atom is 0.258 e. The highest BCUT2D eigenvalue weighted by atomic mass is 35.5. The Morgan fingerprint density at radius 1 is 1.39 bits per heavy atom. The molecule has 0 saturated heterocycles. The second-order valence-electron chi connectivity index (χ2n) is 3.76. The minimum Gasteiger partial charge on any atom is -0.322 e. The Morgan fingerprint density at radius 2 is 2.17 bits per heavy atom. The third kappa shape index (κ3) is 2.65. The lowest BCUT2D eigenvalue weighted by Gasteiger charge is -2.07. The van der Waals surface area contributed by atoms with Crippen LogP contribution in [0.15, 0.2) is 36.5 Å². The number of benzene rings is 1. The number of nitrogens with zero attached hydrogens (tertiary/aromatic N) is 1. The van der Waals surface area contributed by atoms with E-state index in [-0.39, 0.29) is 16.5 Å². The molecular formula is C13H10ClFN2O. The lowest BCUT2D eigenvalue weighted by molar-refractivity contribution is 0.102. The lowest BCUT2D eigenvalue weighted by Crippen LogP contribution is -2.13. The molecule has 92 valence electrons. The number of hydrogen-bond acceptors (Lipinski definition) is 2. The van der Waals surface area contributed by atoms with Crippen LogP contribution in [0, 0.1) is 12.7 Å². The molecular weight excluding hydrogens is 255 g/mol. The Hall–Kier alpha value is -1.94. The van der Waals surface area contributed by atoms with E-state index in [9.17, 15) is 9.18 Å². The molecule has 18 heavy (non-hydrogen) atoms. The van der Waals surface area contributed by atoms with Gasteiger partial charge in [0.25, 0.3) is 5.91 Å². The smallest absolute Gasteiger partial charge is 0.258 e. The SMILES string of the molecule is Cc1ccc(NC(=O)c2cccnc2Cl)cc1F. The fourth-order valence-corrected chi connectivity index (χ4v) is 1.63. The van der Waals surface area contributed by atoms with Crippen molar-refractivity contribution in [2.75, 3.05) is 5.32 Å². The van der Waals surface area contributed by atoms with E-state index in [2.05, 4.69) is 10.3 Å². The van der Waals surface area contributed by atoms with E-state index in [0.29, 0.717) is 11.3 Å². The number of anilines is 1. The molecule has 2 aromatic rings. The van der Waals surface area contributed by atoms with E-state index >= 15 is 0 Å². The van der Waals surface area contributed by atoms with Crippen molar-refractivity contribution < 1.29 is 9.18 Å². The van der Waals surface area contributed by atoms with Crippen LogP contribution in [0.3, 0.4) is 0 Å². The highest BCUT2D eigenvalue weighted by molar-refractivity contribution is 6.33. The quantitative estimate of drug-likeness (QED) is 0.845. The molecule has 3 nitrogen and oxygen atoms in total. The normalized spacial score (nSPS) is 10.2. The molecule has 0 fully saturated rings. The van der Waals surface area contributed by atoms with Crippen LogP contribution < -0.4 is 5.32 Å². The van der Waals surface area contributed by atoms with Gasteiger partial charge in [-0.3, -0.25) is 4.79 Å². The molecule has 0 atom stereocenters. The van der Waals surface area contributed by atoms with Crippen LogP contribution in [0.2, 0.25) is 5.15 Å². The Kier molecular flexibility index (Phi) is 3.58. The van der Waals surface area contributed by atoms with Crippen molar-refractivity contribution in [2.24, 2.45) is 0 Å². The molecule has 0 spiro atoms. The summed E-state index contributed by atoms with van der Waals surface area (Å²) in [5.74, 6) is -0.790. The van der Waals surface area contributed by atoms with Crippen LogP contribution in [0.4, 0.5) is 10.1 Å². The summed E-state index contributed by atoms with van der Waals surface area (Å²) in [5.41, 5.74) is 1.15. The molecule has 0 unspecified atom stereocenters. The molecule has 1 N–H and O–H groups in total. The number of carbonyl (C=O) groups is 1. The first-order chi connectivity index (χ1) is 8.58. The van der Waals surface area contributed by atoms with Crippen molar-refractivity contribution in [3.63, 3.8) is 0 Å². The molecule has 1 aromatic carbocycles. The van der Waals surface area contributed by atoms with E-state index in [1.807, 2.05) is 0 Å². The molecule has 1 heterocycles. The Balaban J connectivity index is 2.22. The minimum atomic E-state index is -0.420. The first kappa shape index (κ1) is 12.5. The Morgan fingerprint density at radius 3 is 2.83 bits per heavy atom. The Labute approximate surface area is 109 Å². The minimum absolute atomic E-state index is 0.114. The predicted molar refractivity (Wildman–Crippen MR) is 68.3 cm³/mol. The molecule has 0 aliphatic carbocycles. The maximum absolute atomic E-state index is 13.3. The number of halogens is 2. The highest BCUT2D eigenvalue weighted by Gasteiger charge is 2.11. The van der Waals surface area contributed by atoms with Gasteiger partial charge in [-0.15, -0.1) is 0 Å². The van der Waals surface area contributed by atoms with E-state index in [4.69, 9.17) is 11.6 Å². The van der Waals surface area contributed by atoms with E-state index in [1.54, 1.807) is 31.2 Å². The summed E-state index contributed by atoms with van der Waals surface area (Å²) in [5, 5.41) is 2.68. The monoisotopic (exact) mass is 264 g/mol. The number of nitrogens with one attached hydrogen (secondary N) is 1. The summed E-state index contributed by atoms with van der Waals surface area (Å²) in [6.45, 7) is 1.65. The molecule has 1 aromatic heterocycles. The fourth-order valence-electron chi connectivity index (χ4n) is 1.42. The van der Waals surface area contributed by atoms with Crippen molar-refractivity contribution in [3.8, 4) is 0 Å². The zero-order valence-electron chi connectivity index (χ0n) is 9.58. The van der Waals surface area contributed by atoms with Gasteiger partial charge in [-0.1, -0.05) is 17.7 Å². The van der Waals surface area contributed by atoms with Gasteiger partial charge < -0.3 is 5.32 Å². The van der Waals surface area contributed by atoms with Gasteiger partial charge in [0, 0.05) is 11.9 Å². The van der Waals surface area contributed by atoms with E-state index in [0.717, 1.165) is 0 Å². The molecule has 0 saturated carbocycles. The fraction of sp³-hybridized carbons (Fsp3) is 0.0769. The van der Waals surface area contributed by atoms with Crippen molar-refractivity contribution in [1.82, 2.24) is 4.98 Å². The van der Waals surface area contributed by atoms with Gasteiger partial charge in [0.05, 0.1) is 5.56 Å². The molecule has 0 bridgehead atoms. The number of carbonyl (C=O) groups excluding carboxylic acids is 1. The van der Waals surface area contributed by atoms with Gasteiger partial charge >= 0.3 is 0 Å². The largest absolute Gasteiger partial charge is 0.322 e. The van der Waals surface area contributed by atoms with Gasteiger partial charge in [-0.25, -0.2) is 9.37 Å². The van der Waals surface area contributed by atoms with Crippen LogP contribution in [-0.4, -0.2) is 10.9 Å². The zero-order valence-corrected chi connectivity index (χ0v) is 10.3. The standard InChI is InChI=1S/C13H10ClFN2O/c1-8-4-5-9(7-11(8)15)17-13(18)10-3-2-6-16-12(10)14/h2-7H,1H3,(H,17,18). The molecule has 1 amide bonds. The second-order valence-corrected chi connectivity index (χ2v) is 4.12. The number of amides is 1. The van der Waals surface area contributed by atoms with Crippen LogP contribution in [-0.2, 0) is 0 Å². The van der Waals surface area contributed by atoms with Gasteiger partial charge in [0.2, 0.25) is 0 Å². The number of hydrogen-bond donors (Lipinski definition) is 1. The molecule has 2 rings (SSSR count). The van der Waals surface area contributed by atoms with Crippen LogP contribution >= 0.6 is 11.6 Å². The van der Waals surface area contributed by atoms with Gasteiger partial charge in [0.1, 0.15) is 11.0 Å². The summed E-state index contributed by atoms with van der Waals surface area (Å²) in [6, 6.07) is 7.64. The van der Waals surface area contributed by atoms with Crippen LogP contribution in [0.1, 0.15) is 15.9 Å². The summed E-state index contributed by atoms with van der Waals surface area (Å²) < 4.78 is 13.3. The number of aromatic nitrogens is 1. The third-order valence-corrected chi connectivity index (χ3v) is 2.73. The molecule has 0 radical (unpaired) electrons. The molecule has 5 heteroatoms. The van der Waals surface area contributed by atoms with Gasteiger partial charge in [0.15, 0.2) is 0 Å². The highest BCUT2D eigenvalue weighted by Crippen LogP contribution is 2.17. The van der Waals surface area contributed by atoms with E-state index < -0.39 is 5.91 Å². The summed E-state index contributed by atoms with van der Waals surface area (Å²) >= 11 is 5.80. The zero-order chi connectivity index (χ0) is 13.1. The molecule has 0 aliphatic heterocycles. The van der Waals surface area contributed by atoms with Crippen molar-refractivity contribution in [2.45, 2.75) is 6.92 Å². The summed E-state index contributed by atoms with van der Waals surface area (Å²) in [7, 11) is 0. The van der Waals surface area contributed by atoms with Gasteiger partial charge in [-0.2, -0.15) is 0 Å². The average Bonchev–Trinajstić information content (AvgIpc) is 2.34. The first-order valence-corrected chi connectivity index (χ1v) is 5.64. The maximum atomic E-state index is 13.3.